The number of hydrogen-bond donors (Lipinski definition) is 1. The molecule has 0 aliphatic carbocycles. The van der Waals surface area contributed by atoms with Gasteiger partial charge >= 0.3 is 4.87 Å². The van der Waals surface area contributed by atoms with Gasteiger partial charge in [-0.05, 0) is 25.8 Å². The zero-order chi connectivity index (χ0) is 17.0. The Bertz CT molecular complexity index is 721. The molecule has 0 aliphatic heterocycles. The van der Waals surface area contributed by atoms with E-state index in [2.05, 4.69) is 0 Å². The second-order valence-corrected chi connectivity index (χ2v) is 6.70. The van der Waals surface area contributed by atoms with E-state index in [-0.39, 0.29) is 30.0 Å². The maximum Gasteiger partial charge on any atom is 0.308 e. The van der Waals surface area contributed by atoms with E-state index in [4.69, 9.17) is 0 Å². The van der Waals surface area contributed by atoms with Crippen LogP contribution in [0.2, 0.25) is 0 Å². The standard InChI is InChI=1S/C17H22N2O3S/c1-12-13(2)23-17(22)19(12)11-16(21)18(3)15(9-10-20)14-7-5-4-6-8-14/h4-8,15,20H,9-11H2,1-3H3. The molecule has 0 radical (unpaired) electrons. The molecule has 0 aliphatic rings. The highest BCUT2D eigenvalue weighted by molar-refractivity contribution is 7.09. The molecule has 1 aromatic carbocycles. The Labute approximate surface area is 139 Å². The summed E-state index contributed by atoms with van der Waals surface area (Å²) in [6, 6.07) is 9.42. The fourth-order valence-corrected chi connectivity index (χ4v) is 3.40. The van der Waals surface area contributed by atoms with Crippen molar-refractivity contribution in [2.45, 2.75) is 32.9 Å². The van der Waals surface area contributed by atoms with E-state index in [9.17, 15) is 14.7 Å². The first kappa shape index (κ1) is 17.4. The van der Waals surface area contributed by atoms with Gasteiger partial charge in [0.25, 0.3) is 0 Å². The lowest BCUT2D eigenvalue weighted by Crippen LogP contribution is -2.36. The second-order valence-electron chi connectivity index (χ2n) is 5.54. The number of amides is 1. The molecule has 23 heavy (non-hydrogen) atoms. The van der Waals surface area contributed by atoms with Crippen LogP contribution >= 0.6 is 11.3 Å². The van der Waals surface area contributed by atoms with Crippen LogP contribution in [0.4, 0.5) is 0 Å². The zero-order valence-electron chi connectivity index (χ0n) is 13.7. The number of aryl methyl sites for hydroxylation is 1. The largest absolute Gasteiger partial charge is 0.396 e. The number of hydrogen-bond acceptors (Lipinski definition) is 4. The normalized spacial score (nSPS) is 12.2. The van der Waals surface area contributed by atoms with Crippen molar-refractivity contribution in [1.29, 1.82) is 0 Å². The first-order valence-electron chi connectivity index (χ1n) is 7.54. The van der Waals surface area contributed by atoms with Crippen molar-refractivity contribution >= 4 is 17.2 Å². The highest BCUT2D eigenvalue weighted by Gasteiger charge is 2.22. The summed E-state index contributed by atoms with van der Waals surface area (Å²) in [5, 5.41) is 9.32. The number of aliphatic hydroxyl groups excluding tert-OH is 1. The number of likely N-dealkylation sites (N-methyl/N-ethyl adjacent to an activating group) is 1. The highest BCUT2D eigenvalue weighted by Crippen LogP contribution is 2.23. The third-order valence-electron chi connectivity index (χ3n) is 4.12. The van der Waals surface area contributed by atoms with Gasteiger partial charge in [-0.3, -0.25) is 14.2 Å². The van der Waals surface area contributed by atoms with Crippen molar-refractivity contribution in [3.63, 3.8) is 0 Å². The minimum atomic E-state index is -0.204. The highest BCUT2D eigenvalue weighted by atomic mass is 32.1. The van der Waals surface area contributed by atoms with Crippen molar-refractivity contribution < 1.29 is 9.90 Å². The molecule has 1 amide bonds. The molecule has 0 saturated heterocycles. The lowest BCUT2D eigenvalue weighted by Gasteiger charge is -2.28. The van der Waals surface area contributed by atoms with E-state index < -0.39 is 0 Å². The van der Waals surface area contributed by atoms with Gasteiger partial charge in [-0.15, -0.1) is 0 Å². The van der Waals surface area contributed by atoms with Crippen LogP contribution < -0.4 is 4.87 Å². The zero-order valence-corrected chi connectivity index (χ0v) is 14.5. The molecule has 0 spiro atoms. The predicted molar refractivity (Wildman–Crippen MR) is 91.7 cm³/mol. The molecule has 1 atom stereocenters. The van der Waals surface area contributed by atoms with E-state index in [1.54, 1.807) is 11.9 Å². The van der Waals surface area contributed by atoms with Crippen LogP contribution in [0, 0.1) is 13.8 Å². The number of carbonyl (C=O) groups excluding carboxylic acids is 1. The number of thiazole rings is 1. The summed E-state index contributed by atoms with van der Waals surface area (Å²) in [7, 11) is 1.72. The molecule has 5 nitrogen and oxygen atoms in total. The van der Waals surface area contributed by atoms with Crippen molar-refractivity contribution in [3.8, 4) is 0 Å². The first-order valence-corrected chi connectivity index (χ1v) is 8.35. The Kier molecular flexibility index (Phi) is 5.74. The molecule has 1 unspecified atom stereocenters. The lowest BCUT2D eigenvalue weighted by atomic mass is 10.0. The molecule has 0 bridgehead atoms. The molecule has 0 fully saturated rings. The number of rotatable bonds is 6. The monoisotopic (exact) mass is 334 g/mol. The van der Waals surface area contributed by atoms with E-state index in [0.29, 0.717) is 6.42 Å². The average molecular weight is 334 g/mol. The molecule has 1 N–H and O–H groups in total. The minimum Gasteiger partial charge on any atom is -0.396 e. The summed E-state index contributed by atoms with van der Waals surface area (Å²) < 4.78 is 1.51. The minimum absolute atomic E-state index is 0.00623. The second kappa shape index (κ2) is 7.57. The molecular weight excluding hydrogens is 312 g/mol. The fourth-order valence-electron chi connectivity index (χ4n) is 2.57. The maximum atomic E-state index is 12.6. The van der Waals surface area contributed by atoms with Gasteiger partial charge in [-0.25, -0.2) is 0 Å². The van der Waals surface area contributed by atoms with E-state index in [1.165, 1.54) is 4.57 Å². The topological polar surface area (TPSA) is 62.5 Å². The van der Waals surface area contributed by atoms with Gasteiger partial charge in [-0.2, -0.15) is 0 Å². The van der Waals surface area contributed by atoms with Gasteiger partial charge in [0.15, 0.2) is 0 Å². The number of benzene rings is 1. The van der Waals surface area contributed by atoms with Crippen LogP contribution in [0.3, 0.4) is 0 Å². The Hall–Kier alpha value is -1.92. The summed E-state index contributed by atoms with van der Waals surface area (Å²) in [5.41, 5.74) is 1.81. The van der Waals surface area contributed by atoms with E-state index >= 15 is 0 Å². The molecule has 1 heterocycles. The predicted octanol–water partition coefficient (Wildman–Crippen LogP) is 2.11. The number of aliphatic hydroxyl groups is 1. The molecule has 6 heteroatoms. The Morgan fingerprint density at radius 2 is 1.96 bits per heavy atom. The van der Waals surface area contributed by atoms with E-state index in [0.717, 1.165) is 27.5 Å². The van der Waals surface area contributed by atoms with Crippen LogP contribution in [0.1, 0.15) is 28.6 Å². The summed E-state index contributed by atoms with van der Waals surface area (Å²) >= 11 is 1.16. The van der Waals surface area contributed by atoms with Crippen LogP contribution in [0.25, 0.3) is 0 Å². The molecular formula is C17H22N2O3S. The Morgan fingerprint density at radius 3 is 2.48 bits per heavy atom. The number of carbonyl (C=O) groups is 1. The number of nitrogens with zero attached hydrogens (tertiary/aromatic N) is 2. The molecule has 1 aromatic heterocycles. The Balaban J connectivity index is 2.21. The van der Waals surface area contributed by atoms with Crippen molar-refractivity contribution in [1.82, 2.24) is 9.47 Å². The van der Waals surface area contributed by atoms with Gasteiger partial charge in [0.1, 0.15) is 6.54 Å². The third kappa shape index (κ3) is 3.89. The lowest BCUT2D eigenvalue weighted by molar-refractivity contribution is -0.133. The van der Waals surface area contributed by atoms with Crippen LogP contribution in [-0.2, 0) is 11.3 Å². The average Bonchev–Trinajstić information content (AvgIpc) is 2.79. The van der Waals surface area contributed by atoms with Gasteiger partial charge < -0.3 is 10.0 Å². The van der Waals surface area contributed by atoms with Gasteiger partial charge in [0.05, 0.1) is 6.04 Å². The van der Waals surface area contributed by atoms with Gasteiger partial charge in [-0.1, -0.05) is 41.7 Å². The molecule has 0 saturated carbocycles. The Morgan fingerprint density at radius 1 is 1.30 bits per heavy atom. The van der Waals surface area contributed by atoms with Crippen LogP contribution in [-0.4, -0.2) is 34.1 Å². The number of aromatic nitrogens is 1. The summed E-state index contributed by atoms with van der Waals surface area (Å²) in [6.07, 6.45) is 0.461. The summed E-state index contributed by atoms with van der Waals surface area (Å²) in [5.74, 6) is -0.143. The van der Waals surface area contributed by atoms with Crippen molar-refractivity contribution in [2.75, 3.05) is 13.7 Å². The SMILES string of the molecule is Cc1sc(=O)n(CC(=O)N(C)C(CCO)c2ccccc2)c1C. The fraction of sp³-hybridized carbons (Fsp3) is 0.412. The van der Waals surface area contributed by atoms with Gasteiger partial charge in [0, 0.05) is 24.2 Å². The van der Waals surface area contributed by atoms with Crippen LogP contribution in [0.15, 0.2) is 35.1 Å². The smallest absolute Gasteiger partial charge is 0.308 e. The maximum absolute atomic E-state index is 12.6. The summed E-state index contributed by atoms with van der Waals surface area (Å²) in [4.78, 5) is 27.0. The molecule has 2 rings (SSSR count). The van der Waals surface area contributed by atoms with E-state index in [1.807, 2.05) is 44.2 Å². The quantitative estimate of drug-likeness (QED) is 0.880. The molecule has 2 aromatic rings. The van der Waals surface area contributed by atoms with Gasteiger partial charge in [0.2, 0.25) is 5.91 Å². The van der Waals surface area contributed by atoms with Crippen LogP contribution in [0.5, 0.6) is 0 Å². The molecule has 124 valence electrons. The summed E-state index contributed by atoms with van der Waals surface area (Å²) in [6.45, 7) is 3.75. The van der Waals surface area contributed by atoms with Crippen molar-refractivity contribution in [2.24, 2.45) is 0 Å². The first-order chi connectivity index (χ1) is 11.0. The third-order valence-corrected chi connectivity index (χ3v) is 5.11. The van der Waals surface area contributed by atoms with Crippen molar-refractivity contribution in [3.05, 3.63) is 56.1 Å².